The summed E-state index contributed by atoms with van der Waals surface area (Å²) < 4.78 is 10.9. The van der Waals surface area contributed by atoms with Crippen LogP contribution in [0.2, 0.25) is 0 Å². The Morgan fingerprint density at radius 1 is 1.52 bits per heavy atom. The van der Waals surface area contributed by atoms with Crippen molar-refractivity contribution in [3.63, 3.8) is 0 Å². The third-order valence-electron chi connectivity index (χ3n) is 3.77. The van der Waals surface area contributed by atoms with Crippen LogP contribution in [0.15, 0.2) is 22.7 Å². The van der Waals surface area contributed by atoms with Crippen molar-refractivity contribution in [1.82, 2.24) is 15.1 Å². The van der Waals surface area contributed by atoms with Crippen LogP contribution < -0.4 is 0 Å². The normalized spacial score (nSPS) is 18.1. The molecule has 21 heavy (non-hydrogen) atoms. The first-order chi connectivity index (χ1) is 10.1. The number of carbonyl (C=O) groups excluding carboxylic acids is 1. The molecule has 1 unspecified atom stereocenters. The van der Waals surface area contributed by atoms with Crippen LogP contribution >= 0.6 is 0 Å². The average molecular weight is 289 g/mol. The molecule has 1 aliphatic rings. The first-order valence-corrected chi connectivity index (χ1v) is 7.07. The zero-order chi connectivity index (χ0) is 14.8. The Kier molecular flexibility index (Phi) is 3.79. The van der Waals surface area contributed by atoms with Gasteiger partial charge in [0.2, 0.25) is 0 Å². The van der Waals surface area contributed by atoms with Gasteiger partial charge in [-0.05, 0) is 25.5 Å². The minimum atomic E-state index is -0.0558. The molecule has 1 aliphatic heterocycles. The summed E-state index contributed by atoms with van der Waals surface area (Å²) in [5.41, 5.74) is 1.50. The van der Waals surface area contributed by atoms with Crippen LogP contribution in [0.1, 0.15) is 39.9 Å². The molecule has 0 aliphatic carbocycles. The van der Waals surface area contributed by atoms with Gasteiger partial charge in [0.05, 0.1) is 30.6 Å². The van der Waals surface area contributed by atoms with Crippen molar-refractivity contribution in [2.75, 3.05) is 20.3 Å². The van der Waals surface area contributed by atoms with E-state index in [1.165, 1.54) is 0 Å². The number of nitrogens with zero attached hydrogens (tertiary/aromatic N) is 2. The number of rotatable bonds is 4. The number of aryl methyl sites for hydroxylation is 1. The van der Waals surface area contributed by atoms with Gasteiger partial charge in [-0.25, -0.2) is 0 Å². The summed E-state index contributed by atoms with van der Waals surface area (Å²) in [5, 5.41) is 6.98. The fourth-order valence-electron chi connectivity index (χ4n) is 2.62. The van der Waals surface area contributed by atoms with E-state index in [0.29, 0.717) is 18.7 Å². The molecular weight excluding hydrogens is 270 g/mol. The summed E-state index contributed by atoms with van der Waals surface area (Å²) in [6.07, 6.45) is 2.52. The van der Waals surface area contributed by atoms with E-state index in [0.717, 1.165) is 30.2 Å². The van der Waals surface area contributed by atoms with Gasteiger partial charge in [-0.3, -0.25) is 9.89 Å². The second-order valence-corrected chi connectivity index (χ2v) is 5.43. The number of hydrogen-bond acceptors (Lipinski definition) is 4. The van der Waals surface area contributed by atoms with Gasteiger partial charge in [0.1, 0.15) is 11.5 Å². The lowest BCUT2D eigenvalue weighted by Crippen LogP contribution is -2.27. The highest BCUT2D eigenvalue weighted by atomic mass is 16.5. The van der Waals surface area contributed by atoms with E-state index in [9.17, 15) is 4.79 Å². The minimum absolute atomic E-state index is 0.0558. The maximum atomic E-state index is 12.6. The first kappa shape index (κ1) is 13.9. The molecule has 3 heterocycles. The number of furan rings is 1. The average Bonchev–Trinajstić information content (AvgIpc) is 3.18. The van der Waals surface area contributed by atoms with Gasteiger partial charge in [0, 0.05) is 19.6 Å². The third-order valence-corrected chi connectivity index (χ3v) is 3.77. The highest BCUT2D eigenvalue weighted by molar-refractivity contribution is 5.95. The lowest BCUT2D eigenvalue weighted by Gasteiger charge is -2.16. The molecule has 2 aromatic rings. The monoisotopic (exact) mass is 289 g/mol. The molecule has 0 aromatic carbocycles. The molecule has 2 aromatic heterocycles. The van der Waals surface area contributed by atoms with Crippen LogP contribution in [0.3, 0.4) is 0 Å². The highest BCUT2D eigenvalue weighted by Gasteiger charge is 2.26. The van der Waals surface area contributed by atoms with Crippen LogP contribution in [0.25, 0.3) is 0 Å². The second-order valence-electron chi connectivity index (χ2n) is 5.43. The number of hydrogen-bond donors (Lipinski definition) is 1. The highest BCUT2D eigenvalue weighted by Crippen LogP contribution is 2.26. The maximum absolute atomic E-state index is 12.6. The van der Waals surface area contributed by atoms with Crippen molar-refractivity contribution in [3.05, 3.63) is 41.1 Å². The smallest absolute Gasteiger partial charge is 0.257 e. The van der Waals surface area contributed by atoms with Crippen LogP contribution in [-0.2, 0) is 11.3 Å². The molecule has 6 heteroatoms. The van der Waals surface area contributed by atoms with Crippen molar-refractivity contribution in [2.45, 2.75) is 25.8 Å². The zero-order valence-electron chi connectivity index (χ0n) is 12.3. The van der Waals surface area contributed by atoms with Gasteiger partial charge in [0.15, 0.2) is 0 Å². The van der Waals surface area contributed by atoms with Gasteiger partial charge >= 0.3 is 0 Å². The van der Waals surface area contributed by atoms with E-state index >= 15 is 0 Å². The Hall–Kier alpha value is -2.08. The number of ether oxygens (including phenoxy) is 1. The van der Waals surface area contributed by atoms with Gasteiger partial charge in [-0.15, -0.1) is 0 Å². The van der Waals surface area contributed by atoms with E-state index in [4.69, 9.17) is 9.15 Å². The summed E-state index contributed by atoms with van der Waals surface area (Å²) in [6, 6.07) is 3.78. The largest absolute Gasteiger partial charge is 0.464 e. The second kappa shape index (κ2) is 5.73. The molecule has 1 fully saturated rings. The van der Waals surface area contributed by atoms with Crippen molar-refractivity contribution < 1.29 is 13.9 Å². The molecule has 0 saturated carbocycles. The van der Waals surface area contributed by atoms with Gasteiger partial charge in [-0.2, -0.15) is 5.10 Å². The Balaban J connectivity index is 1.74. The van der Waals surface area contributed by atoms with Crippen LogP contribution in [0.5, 0.6) is 0 Å². The van der Waals surface area contributed by atoms with Gasteiger partial charge in [0.25, 0.3) is 5.91 Å². The Morgan fingerprint density at radius 3 is 3.05 bits per heavy atom. The number of aromatic nitrogens is 2. The minimum Gasteiger partial charge on any atom is -0.464 e. The standard InChI is InChI=1S/C15H19N3O3/c1-10-3-4-12(21-10)8-18(2)15(19)13-7-16-17-14(13)11-5-6-20-9-11/h3-4,7,11H,5-6,8-9H2,1-2H3,(H,16,17). The summed E-state index contributed by atoms with van der Waals surface area (Å²) in [5.74, 6) is 1.79. The van der Waals surface area contributed by atoms with E-state index in [1.807, 2.05) is 19.1 Å². The lowest BCUT2D eigenvalue weighted by atomic mass is 10.0. The predicted octanol–water partition coefficient (Wildman–Crippen LogP) is 2.09. The maximum Gasteiger partial charge on any atom is 0.257 e. The molecule has 0 bridgehead atoms. The summed E-state index contributed by atoms with van der Waals surface area (Å²) in [6.45, 7) is 3.71. The number of H-pyrrole nitrogens is 1. The zero-order valence-corrected chi connectivity index (χ0v) is 12.3. The third kappa shape index (κ3) is 2.85. The van der Waals surface area contributed by atoms with Crippen molar-refractivity contribution in [3.8, 4) is 0 Å². The van der Waals surface area contributed by atoms with Crippen LogP contribution in [-0.4, -0.2) is 41.3 Å². The van der Waals surface area contributed by atoms with E-state index in [2.05, 4.69) is 10.2 Å². The van der Waals surface area contributed by atoms with E-state index in [-0.39, 0.29) is 11.8 Å². The van der Waals surface area contributed by atoms with Crippen molar-refractivity contribution in [2.24, 2.45) is 0 Å². The Morgan fingerprint density at radius 2 is 2.38 bits per heavy atom. The SMILES string of the molecule is Cc1ccc(CN(C)C(=O)c2cn[nH]c2C2CCOC2)o1. The van der Waals surface area contributed by atoms with Crippen LogP contribution in [0, 0.1) is 6.92 Å². The van der Waals surface area contributed by atoms with Crippen LogP contribution in [0.4, 0.5) is 0 Å². The van der Waals surface area contributed by atoms with Crippen molar-refractivity contribution >= 4 is 5.91 Å². The Labute approximate surface area is 123 Å². The number of nitrogens with one attached hydrogen (secondary N) is 1. The van der Waals surface area contributed by atoms with Crippen molar-refractivity contribution in [1.29, 1.82) is 0 Å². The molecule has 0 spiro atoms. The molecule has 0 radical (unpaired) electrons. The molecule has 112 valence electrons. The quantitative estimate of drug-likeness (QED) is 0.935. The molecule has 1 atom stereocenters. The predicted molar refractivity (Wildman–Crippen MR) is 76.0 cm³/mol. The molecule has 3 rings (SSSR count). The molecule has 6 nitrogen and oxygen atoms in total. The number of aromatic amines is 1. The Bertz CT molecular complexity index is 626. The molecule has 1 amide bonds. The summed E-state index contributed by atoms with van der Waals surface area (Å²) in [7, 11) is 1.77. The summed E-state index contributed by atoms with van der Waals surface area (Å²) in [4.78, 5) is 14.2. The number of amides is 1. The molecule has 1 saturated heterocycles. The van der Waals surface area contributed by atoms with Gasteiger partial charge < -0.3 is 14.1 Å². The molecule has 1 N–H and O–H groups in total. The molecular formula is C15H19N3O3. The lowest BCUT2D eigenvalue weighted by molar-refractivity contribution is 0.0773. The van der Waals surface area contributed by atoms with E-state index in [1.54, 1.807) is 18.1 Å². The number of carbonyl (C=O) groups is 1. The fourth-order valence-corrected chi connectivity index (χ4v) is 2.62. The topological polar surface area (TPSA) is 71.4 Å². The first-order valence-electron chi connectivity index (χ1n) is 7.07. The van der Waals surface area contributed by atoms with E-state index < -0.39 is 0 Å². The van der Waals surface area contributed by atoms with Gasteiger partial charge in [-0.1, -0.05) is 0 Å². The summed E-state index contributed by atoms with van der Waals surface area (Å²) >= 11 is 0. The fraction of sp³-hybridized carbons (Fsp3) is 0.467.